The van der Waals surface area contributed by atoms with Crippen LogP contribution in [0.4, 0.5) is 5.69 Å². The van der Waals surface area contributed by atoms with Crippen LogP contribution in [0.5, 0.6) is 0 Å². The molecule has 0 bridgehead atoms. The molecule has 0 radical (unpaired) electrons. The molecule has 0 aliphatic carbocycles. The van der Waals surface area contributed by atoms with Crippen molar-refractivity contribution in [3.8, 4) is 6.07 Å². The van der Waals surface area contributed by atoms with Gasteiger partial charge in [-0.15, -0.1) is 0 Å². The molecule has 0 heterocycles. The lowest BCUT2D eigenvalue weighted by Gasteiger charge is -2.22. The van der Waals surface area contributed by atoms with Gasteiger partial charge in [0.25, 0.3) is 0 Å². The van der Waals surface area contributed by atoms with Crippen LogP contribution in [-0.4, -0.2) is 14.1 Å². The molecule has 3 nitrogen and oxygen atoms in total. The van der Waals surface area contributed by atoms with Crippen molar-refractivity contribution in [2.75, 3.05) is 19.0 Å². The van der Waals surface area contributed by atoms with Crippen molar-refractivity contribution in [1.82, 2.24) is 5.32 Å². The van der Waals surface area contributed by atoms with Gasteiger partial charge in [0, 0.05) is 20.1 Å². The summed E-state index contributed by atoms with van der Waals surface area (Å²) >= 11 is 0. The molecule has 0 unspecified atom stereocenters. The first-order chi connectivity index (χ1) is 10.2. The largest absolute Gasteiger partial charge is 0.369 e. The minimum absolute atomic E-state index is 0.721. The monoisotopic (exact) mass is 279 g/mol. The highest BCUT2D eigenvalue weighted by atomic mass is 15.1. The normalized spacial score (nSPS) is 10.2. The summed E-state index contributed by atoms with van der Waals surface area (Å²) in [7, 11) is 3.94. The highest BCUT2D eigenvalue weighted by molar-refractivity contribution is 5.60. The molecule has 21 heavy (non-hydrogen) atoms. The molecule has 0 aliphatic rings. The molecule has 0 aromatic heterocycles. The van der Waals surface area contributed by atoms with E-state index in [4.69, 9.17) is 0 Å². The van der Waals surface area contributed by atoms with Gasteiger partial charge in [0.1, 0.15) is 6.07 Å². The Bertz CT molecular complexity index is 656. The van der Waals surface area contributed by atoms with E-state index >= 15 is 0 Å². The van der Waals surface area contributed by atoms with E-state index in [-0.39, 0.29) is 0 Å². The lowest BCUT2D eigenvalue weighted by Crippen LogP contribution is -2.18. The lowest BCUT2D eigenvalue weighted by atomic mass is 10.1. The zero-order valence-corrected chi connectivity index (χ0v) is 12.9. The van der Waals surface area contributed by atoms with E-state index in [0.717, 1.165) is 29.9 Å². The van der Waals surface area contributed by atoms with Gasteiger partial charge in [0.15, 0.2) is 0 Å². The summed E-state index contributed by atoms with van der Waals surface area (Å²) in [6.45, 7) is 3.69. The van der Waals surface area contributed by atoms with Crippen molar-refractivity contribution in [3.05, 3.63) is 64.7 Å². The lowest BCUT2D eigenvalue weighted by molar-refractivity contribution is 0.816. The van der Waals surface area contributed by atoms with Gasteiger partial charge < -0.3 is 10.2 Å². The Hall–Kier alpha value is -2.31. The standard InChI is InChI=1S/C18H21N3/c1-14-6-4-5-7-16(14)13-21(3)18-9-8-15(12-20-2)10-17(18)11-19/h4-10,20H,12-13H2,1-3H3. The van der Waals surface area contributed by atoms with Crippen LogP contribution in [0.15, 0.2) is 42.5 Å². The van der Waals surface area contributed by atoms with E-state index in [2.05, 4.69) is 47.5 Å². The highest BCUT2D eigenvalue weighted by Crippen LogP contribution is 2.23. The zero-order chi connectivity index (χ0) is 15.2. The number of hydrogen-bond donors (Lipinski definition) is 1. The summed E-state index contributed by atoms with van der Waals surface area (Å²) in [6, 6.07) is 16.7. The summed E-state index contributed by atoms with van der Waals surface area (Å²) in [4.78, 5) is 2.13. The Morgan fingerprint density at radius 2 is 1.95 bits per heavy atom. The van der Waals surface area contributed by atoms with Gasteiger partial charge in [-0.25, -0.2) is 0 Å². The van der Waals surface area contributed by atoms with Crippen LogP contribution in [0.2, 0.25) is 0 Å². The van der Waals surface area contributed by atoms with E-state index in [1.165, 1.54) is 11.1 Å². The first kappa shape index (κ1) is 15.1. The topological polar surface area (TPSA) is 39.1 Å². The first-order valence-electron chi connectivity index (χ1n) is 7.09. The zero-order valence-electron chi connectivity index (χ0n) is 12.9. The van der Waals surface area contributed by atoms with Crippen LogP contribution < -0.4 is 10.2 Å². The number of hydrogen-bond acceptors (Lipinski definition) is 3. The fourth-order valence-electron chi connectivity index (χ4n) is 2.45. The van der Waals surface area contributed by atoms with Gasteiger partial charge in [0.2, 0.25) is 0 Å². The number of aryl methyl sites for hydroxylation is 1. The van der Waals surface area contributed by atoms with Crippen LogP contribution in [0, 0.1) is 18.3 Å². The van der Waals surface area contributed by atoms with Crippen LogP contribution in [0.1, 0.15) is 22.3 Å². The molecule has 3 heteroatoms. The van der Waals surface area contributed by atoms with Gasteiger partial charge in [-0.3, -0.25) is 0 Å². The maximum absolute atomic E-state index is 9.38. The molecule has 0 saturated carbocycles. The average Bonchev–Trinajstić information content (AvgIpc) is 2.49. The van der Waals surface area contributed by atoms with Crippen molar-refractivity contribution >= 4 is 5.69 Å². The van der Waals surface area contributed by atoms with Crippen LogP contribution in [0.25, 0.3) is 0 Å². The van der Waals surface area contributed by atoms with Crippen molar-refractivity contribution in [2.45, 2.75) is 20.0 Å². The first-order valence-corrected chi connectivity index (χ1v) is 7.09. The molecular formula is C18H21N3. The van der Waals surface area contributed by atoms with Crippen LogP contribution in [0.3, 0.4) is 0 Å². The fraction of sp³-hybridized carbons (Fsp3) is 0.278. The summed E-state index contributed by atoms with van der Waals surface area (Å²) in [5, 5.41) is 12.5. The SMILES string of the molecule is CNCc1ccc(N(C)Cc2ccccc2C)c(C#N)c1. The Morgan fingerprint density at radius 3 is 2.62 bits per heavy atom. The summed E-state index contributed by atoms with van der Waals surface area (Å²) in [6.07, 6.45) is 0. The van der Waals surface area contributed by atoms with Gasteiger partial charge in [-0.2, -0.15) is 5.26 Å². The van der Waals surface area contributed by atoms with Crippen LogP contribution in [-0.2, 0) is 13.1 Å². The van der Waals surface area contributed by atoms with Gasteiger partial charge in [-0.05, 0) is 42.8 Å². The molecule has 0 aliphatic heterocycles. The Labute approximate surface area is 126 Å². The number of benzene rings is 2. The summed E-state index contributed by atoms with van der Waals surface area (Å²) < 4.78 is 0. The minimum Gasteiger partial charge on any atom is -0.369 e. The molecule has 2 rings (SSSR count). The predicted molar refractivity (Wildman–Crippen MR) is 87.2 cm³/mol. The minimum atomic E-state index is 0.721. The van der Waals surface area contributed by atoms with Crippen molar-refractivity contribution in [1.29, 1.82) is 5.26 Å². The second-order valence-corrected chi connectivity index (χ2v) is 5.28. The van der Waals surface area contributed by atoms with E-state index in [9.17, 15) is 5.26 Å². The third kappa shape index (κ3) is 3.62. The summed E-state index contributed by atoms with van der Waals surface area (Å²) in [5.41, 5.74) is 5.37. The van der Waals surface area contributed by atoms with E-state index < -0.39 is 0 Å². The quantitative estimate of drug-likeness (QED) is 0.913. The molecule has 2 aromatic carbocycles. The van der Waals surface area contributed by atoms with E-state index in [1.807, 2.05) is 32.3 Å². The highest BCUT2D eigenvalue weighted by Gasteiger charge is 2.09. The van der Waals surface area contributed by atoms with Crippen molar-refractivity contribution < 1.29 is 0 Å². The van der Waals surface area contributed by atoms with Gasteiger partial charge in [0.05, 0.1) is 11.3 Å². The Kier molecular flexibility index (Phi) is 4.97. The maximum Gasteiger partial charge on any atom is 0.101 e. The fourth-order valence-corrected chi connectivity index (χ4v) is 2.45. The number of anilines is 1. The van der Waals surface area contributed by atoms with Gasteiger partial charge in [-0.1, -0.05) is 30.3 Å². The molecule has 0 amide bonds. The third-order valence-electron chi connectivity index (χ3n) is 3.64. The Balaban J connectivity index is 2.25. The molecular weight excluding hydrogens is 258 g/mol. The van der Waals surface area contributed by atoms with Gasteiger partial charge >= 0.3 is 0 Å². The molecule has 1 N–H and O–H groups in total. The third-order valence-corrected chi connectivity index (χ3v) is 3.64. The number of nitrogens with one attached hydrogen (secondary N) is 1. The number of nitrogens with zero attached hydrogens (tertiary/aromatic N) is 2. The number of rotatable bonds is 5. The molecule has 2 aromatic rings. The smallest absolute Gasteiger partial charge is 0.101 e. The summed E-state index contributed by atoms with van der Waals surface area (Å²) in [5.74, 6) is 0. The maximum atomic E-state index is 9.38. The Morgan fingerprint density at radius 1 is 1.19 bits per heavy atom. The van der Waals surface area contributed by atoms with Crippen molar-refractivity contribution in [2.24, 2.45) is 0 Å². The van der Waals surface area contributed by atoms with Crippen molar-refractivity contribution in [3.63, 3.8) is 0 Å². The molecule has 0 saturated heterocycles. The molecule has 0 spiro atoms. The molecule has 0 atom stereocenters. The predicted octanol–water partition coefficient (Wildman–Crippen LogP) is 3.22. The van der Waals surface area contributed by atoms with Crippen LogP contribution >= 0.6 is 0 Å². The second kappa shape index (κ2) is 6.92. The second-order valence-electron chi connectivity index (χ2n) is 5.28. The molecule has 108 valence electrons. The number of nitriles is 1. The molecule has 0 fully saturated rings. The van der Waals surface area contributed by atoms with E-state index in [1.54, 1.807) is 0 Å². The van der Waals surface area contributed by atoms with E-state index in [0.29, 0.717) is 0 Å². The average molecular weight is 279 g/mol.